The van der Waals surface area contributed by atoms with Crippen molar-refractivity contribution in [1.29, 1.82) is 0 Å². The number of carbonyl (C=O) groups is 3. The minimum atomic E-state index is -1.12. The van der Waals surface area contributed by atoms with E-state index in [1.165, 1.54) is 4.90 Å². The van der Waals surface area contributed by atoms with Gasteiger partial charge in [-0.15, -0.1) is 0 Å². The Kier molecular flexibility index (Phi) is 12.8. The van der Waals surface area contributed by atoms with Gasteiger partial charge in [0.2, 0.25) is 5.91 Å². The first-order chi connectivity index (χ1) is 19.5. The van der Waals surface area contributed by atoms with E-state index in [-0.39, 0.29) is 19.1 Å². The summed E-state index contributed by atoms with van der Waals surface area (Å²) in [7, 11) is 0. The average Bonchev–Trinajstić information content (AvgIpc) is 2.89. The van der Waals surface area contributed by atoms with E-state index in [0.717, 1.165) is 11.1 Å². The molecule has 0 aliphatic carbocycles. The maximum absolute atomic E-state index is 13.7. The van der Waals surface area contributed by atoms with Crippen molar-refractivity contribution in [1.82, 2.24) is 15.5 Å². The molecular formula is C33H49N3O6. The molecule has 0 spiro atoms. The highest BCUT2D eigenvalue weighted by Crippen LogP contribution is 2.21. The predicted molar refractivity (Wildman–Crippen MR) is 164 cm³/mol. The van der Waals surface area contributed by atoms with Crippen LogP contribution in [0.25, 0.3) is 0 Å². The first-order valence-electron chi connectivity index (χ1n) is 14.5. The van der Waals surface area contributed by atoms with Crippen LogP contribution in [0.3, 0.4) is 0 Å². The van der Waals surface area contributed by atoms with E-state index < -0.39 is 47.3 Å². The third-order valence-corrected chi connectivity index (χ3v) is 6.34. The summed E-state index contributed by atoms with van der Waals surface area (Å²) in [5.74, 6) is -0.338. The van der Waals surface area contributed by atoms with Crippen LogP contribution >= 0.6 is 0 Å². The van der Waals surface area contributed by atoms with Gasteiger partial charge in [-0.25, -0.2) is 9.59 Å². The third-order valence-electron chi connectivity index (χ3n) is 6.34. The number of hydrogen-bond donors (Lipinski definition) is 3. The van der Waals surface area contributed by atoms with Crippen LogP contribution in [-0.2, 0) is 27.3 Å². The second-order valence-corrected chi connectivity index (χ2v) is 13.2. The number of alkyl carbamates (subject to hydrolysis) is 1. The van der Waals surface area contributed by atoms with Crippen molar-refractivity contribution in [3.63, 3.8) is 0 Å². The number of benzene rings is 2. The van der Waals surface area contributed by atoms with Gasteiger partial charge in [0.15, 0.2) is 0 Å². The van der Waals surface area contributed by atoms with Crippen LogP contribution in [0.2, 0.25) is 0 Å². The normalized spacial score (nSPS) is 14.0. The zero-order valence-corrected chi connectivity index (χ0v) is 26.3. The van der Waals surface area contributed by atoms with E-state index in [2.05, 4.69) is 10.6 Å². The summed E-state index contributed by atoms with van der Waals surface area (Å²) in [4.78, 5) is 40.9. The van der Waals surface area contributed by atoms with E-state index in [4.69, 9.17) is 9.47 Å². The summed E-state index contributed by atoms with van der Waals surface area (Å²) in [6.45, 7) is 15.2. The number of aliphatic hydroxyl groups is 1. The fraction of sp³-hybridized carbons (Fsp3) is 0.545. The van der Waals surface area contributed by atoms with Crippen molar-refractivity contribution in [3.05, 3.63) is 71.8 Å². The Hall–Kier alpha value is -3.59. The molecule has 42 heavy (non-hydrogen) atoms. The van der Waals surface area contributed by atoms with Crippen molar-refractivity contribution in [3.8, 4) is 0 Å². The molecule has 3 atom stereocenters. The summed E-state index contributed by atoms with van der Waals surface area (Å²) in [6.07, 6.45) is -2.06. The minimum absolute atomic E-state index is 0.0440. The van der Waals surface area contributed by atoms with Crippen molar-refractivity contribution >= 4 is 18.1 Å². The van der Waals surface area contributed by atoms with Gasteiger partial charge in [0.1, 0.15) is 18.2 Å². The van der Waals surface area contributed by atoms with E-state index >= 15 is 0 Å². The zero-order chi connectivity index (χ0) is 31.5. The number of carbonyl (C=O) groups excluding carboxylic acids is 3. The molecule has 2 aromatic carbocycles. The van der Waals surface area contributed by atoms with Gasteiger partial charge in [0, 0.05) is 6.54 Å². The van der Waals surface area contributed by atoms with Crippen LogP contribution < -0.4 is 10.6 Å². The second-order valence-electron chi connectivity index (χ2n) is 13.2. The van der Waals surface area contributed by atoms with Gasteiger partial charge < -0.3 is 30.1 Å². The number of hydrogen-bond acceptors (Lipinski definition) is 6. The highest BCUT2D eigenvalue weighted by Gasteiger charge is 2.36. The molecule has 0 saturated carbocycles. The van der Waals surface area contributed by atoms with Crippen LogP contribution in [0.1, 0.15) is 66.5 Å². The summed E-state index contributed by atoms with van der Waals surface area (Å²) in [5.41, 5.74) is 0.358. The van der Waals surface area contributed by atoms with Crippen molar-refractivity contribution in [2.24, 2.45) is 11.3 Å². The first kappa shape index (κ1) is 34.6. The summed E-state index contributed by atoms with van der Waals surface area (Å²) in [5, 5.41) is 17.1. The monoisotopic (exact) mass is 583 g/mol. The maximum Gasteiger partial charge on any atom is 0.410 e. The predicted octanol–water partition coefficient (Wildman–Crippen LogP) is 5.31. The largest absolute Gasteiger partial charge is 0.445 e. The molecule has 0 fully saturated rings. The van der Waals surface area contributed by atoms with Gasteiger partial charge in [0.05, 0.1) is 18.7 Å². The summed E-state index contributed by atoms with van der Waals surface area (Å²) < 4.78 is 11.0. The third kappa shape index (κ3) is 12.5. The van der Waals surface area contributed by atoms with Crippen molar-refractivity contribution < 1.29 is 29.0 Å². The summed E-state index contributed by atoms with van der Waals surface area (Å²) in [6, 6.07) is 17.0. The van der Waals surface area contributed by atoms with Crippen LogP contribution in [0.15, 0.2) is 60.7 Å². The average molecular weight is 584 g/mol. The van der Waals surface area contributed by atoms with Crippen LogP contribution in [0.4, 0.5) is 9.59 Å². The molecule has 2 aromatic rings. The Labute approximate surface area is 251 Å². The Morgan fingerprint density at radius 1 is 0.833 bits per heavy atom. The molecule has 0 saturated heterocycles. The molecule has 9 nitrogen and oxygen atoms in total. The van der Waals surface area contributed by atoms with Gasteiger partial charge >= 0.3 is 12.2 Å². The van der Waals surface area contributed by atoms with Crippen LogP contribution in [0.5, 0.6) is 0 Å². The Morgan fingerprint density at radius 3 is 1.88 bits per heavy atom. The molecule has 0 aliphatic rings. The van der Waals surface area contributed by atoms with E-state index in [0.29, 0.717) is 13.0 Å². The quantitative estimate of drug-likeness (QED) is 0.312. The molecule has 9 heteroatoms. The number of nitrogens with zero attached hydrogens (tertiary/aromatic N) is 1. The molecule has 0 radical (unpaired) electrons. The molecule has 2 rings (SSSR count). The summed E-state index contributed by atoms with van der Waals surface area (Å²) >= 11 is 0. The number of rotatable bonds is 12. The molecule has 0 aliphatic heterocycles. The topological polar surface area (TPSA) is 117 Å². The lowest BCUT2D eigenvalue weighted by Crippen LogP contribution is -2.59. The smallest absolute Gasteiger partial charge is 0.410 e. The number of nitrogens with one attached hydrogen (secondary N) is 2. The fourth-order valence-corrected chi connectivity index (χ4v) is 4.32. The zero-order valence-electron chi connectivity index (χ0n) is 26.3. The highest BCUT2D eigenvalue weighted by molar-refractivity contribution is 5.86. The van der Waals surface area contributed by atoms with Gasteiger partial charge in [-0.3, -0.25) is 4.79 Å². The molecule has 0 aromatic heterocycles. The standard InChI is InChI=1S/C33H49N3O6/c1-23(2)20-36(31(40)42-33(6,7)8)21-27(37)26(19-24-15-11-9-12-16-24)34-29(38)28(32(3,4)5)35-30(39)41-22-25-17-13-10-14-18-25/h9-18,23,26-28,37H,19-22H2,1-8H3,(H,34,38)(H,35,39)/t26-,27+,28+/m0/s1. The Balaban J connectivity index is 2.24. The van der Waals surface area contributed by atoms with Gasteiger partial charge in [-0.1, -0.05) is 95.3 Å². The number of ether oxygens (including phenoxy) is 2. The fourth-order valence-electron chi connectivity index (χ4n) is 4.32. The SMILES string of the molecule is CC(C)CN(C[C@@H](O)[C@H](Cc1ccccc1)NC(=O)[C@@H](NC(=O)OCc1ccccc1)C(C)(C)C)C(=O)OC(C)(C)C. The van der Waals surface area contributed by atoms with E-state index in [1.54, 1.807) is 20.8 Å². The lowest BCUT2D eigenvalue weighted by molar-refractivity contribution is -0.127. The first-order valence-corrected chi connectivity index (χ1v) is 14.5. The van der Waals surface area contributed by atoms with Crippen molar-refractivity contribution in [2.75, 3.05) is 13.1 Å². The molecule has 232 valence electrons. The molecule has 0 heterocycles. The molecule has 3 amide bonds. The molecular weight excluding hydrogens is 534 g/mol. The Morgan fingerprint density at radius 2 is 1.38 bits per heavy atom. The van der Waals surface area contributed by atoms with Gasteiger partial charge in [0.25, 0.3) is 0 Å². The molecule has 0 bridgehead atoms. The minimum Gasteiger partial charge on any atom is -0.445 e. The number of amides is 3. The number of aliphatic hydroxyl groups excluding tert-OH is 1. The highest BCUT2D eigenvalue weighted by atomic mass is 16.6. The maximum atomic E-state index is 13.7. The van der Waals surface area contributed by atoms with E-state index in [9.17, 15) is 19.5 Å². The molecule has 0 unspecified atom stereocenters. The van der Waals surface area contributed by atoms with Crippen LogP contribution in [-0.4, -0.2) is 65.0 Å². The lowest BCUT2D eigenvalue weighted by atomic mass is 9.85. The Bertz CT molecular complexity index is 1130. The van der Waals surface area contributed by atoms with Crippen LogP contribution in [0, 0.1) is 11.3 Å². The second kappa shape index (κ2) is 15.6. The van der Waals surface area contributed by atoms with Gasteiger partial charge in [-0.2, -0.15) is 0 Å². The van der Waals surface area contributed by atoms with Crippen molar-refractivity contribution in [2.45, 2.75) is 92.2 Å². The molecule has 3 N–H and O–H groups in total. The van der Waals surface area contributed by atoms with Gasteiger partial charge in [-0.05, 0) is 49.7 Å². The lowest BCUT2D eigenvalue weighted by Gasteiger charge is -2.35. The van der Waals surface area contributed by atoms with E-state index in [1.807, 2.05) is 95.3 Å².